The van der Waals surface area contributed by atoms with Gasteiger partial charge in [0.05, 0.1) is 6.20 Å². The maximum Gasteiger partial charge on any atom is 0.161 e. The van der Waals surface area contributed by atoms with Crippen molar-refractivity contribution in [3.05, 3.63) is 11.2 Å². The van der Waals surface area contributed by atoms with E-state index in [4.69, 9.17) is 0 Å². The first kappa shape index (κ1) is 10.6. The van der Waals surface area contributed by atoms with Gasteiger partial charge in [0.15, 0.2) is 5.01 Å². The third-order valence-corrected chi connectivity index (χ3v) is 3.46. The highest BCUT2D eigenvalue weighted by Crippen LogP contribution is 2.24. The minimum absolute atomic E-state index is 0.461. The second kappa shape index (κ2) is 4.73. The van der Waals surface area contributed by atoms with E-state index in [9.17, 15) is 0 Å². The van der Waals surface area contributed by atoms with Gasteiger partial charge in [0.1, 0.15) is 9.88 Å². The molecule has 0 radical (unpaired) electrons. The molecule has 2 heterocycles. The Morgan fingerprint density at radius 2 is 2.27 bits per heavy atom. The second-order valence-corrected chi connectivity index (χ2v) is 5.17. The van der Waals surface area contributed by atoms with Gasteiger partial charge in [-0.2, -0.15) is 0 Å². The minimum atomic E-state index is 0.461. The Bertz CT molecular complexity index is 408. The van der Waals surface area contributed by atoms with E-state index in [2.05, 4.69) is 38.9 Å². The lowest BCUT2D eigenvalue weighted by Gasteiger charge is -2.03. The molecule has 7 heteroatoms. The van der Waals surface area contributed by atoms with Crippen LogP contribution in [0.3, 0.4) is 0 Å². The van der Waals surface area contributed by atoms with Gasteiger partial charge in [0, 0.05) is 12.6 Å². The van der Waals surface area contributed by atoms with Crippen molar-refractivity contribution in [3.8, 4) is 9.88 Å². The zero-order chi connectivity index (χ0) is 10.7. The minimum Gasteiger partial charge on any atom is -0.308 e. The molecule has 15 heavy (non-hydrogen) atoms. The fraction of sp³-hybridized carbons (Fsp3) is 0.500. The lowest BCUT2D eigenvalue weighted by Crippen LogP contribution is -2.21. The quantitative estimate of drug-likeness (QED) is 0.880. The molecule has 0 aromatic carbocycles. The maximum absolute atomic E-state index is 4.10. The summed E-state index contributed by atoms with van der Waals surface area (Å²) in [6.45, 7) is 4.98. The van der Waals surface area contributed by atoms with Crippen LogP contribution >= 0.6 is 22.9 Å². The summed E-state index contributed by atoms with van der Waals surface area (Å²) in [5.74, 6) is 0. The average Bonchev–Trinajstić information content (AvgIpc) is 2.85. The molecule has 0 saturated heterocycles. The summed E-state index contributed by atoms with van der Waals surface area (Å²) in [4.78, 5) is 0.975. The first-order valence-corrected chi connectivity index (χ1v) is 6.18. The maximum atomic E-state index is 4.10. The fourth-order valence-corrected chi connectivity index (χ4v) is 2.30. The van der Waals surface area contributed by atoms with Crippen molar-refractivity contribution in [3.63, 3.8) is 0 Å². The van der Waals surface area contributed by atoms with E-state index in [1.54, 1.807) is 17.5 Å². The predicted molar refractivity (Wildman–Crippen MR) is 60.8 cm³/mol. The Hall–Kier alpha value is -0.920. The summed E-state index contributed by atoms with van der Waals surface area (Å²) in [6.07, 6.45) is 1.71. The molecule has 0 unspecified atom stereocenters. The Morgan fingerprint density at radius 1 is 1.40 bits per heavy atom. The molecule has 0 bridgehead atoms. The van der Waals surface area contributed by atoms with Gasteiger partial charge in [-0.3, -0.25) is 0 Å². The monoisotopic (exact) mass is 241 g/mol. The van der Waals surface area contributed by atoms with Crippen molar-refractivity contribution in [2.45, 2.75) is 26.4 Å². The predicted octanol–water partition coefficient (Wildman–Crippen LogP) is 1.55. The average molecular weight is 241 g/mol. The fourth-order valence-electron chi connectivity index (χ4n) is 0.977. The van der Waals surface area contributed by atoms with Crippen molar-refractivity contribution in [1.29, 1.82) is 0 Å². The molecule has 80 valence electrons. The van der Waals surface area contributed by atoms with Crippen LogP contribution in [0, 0.1) is 0 Å². The van der Waals surface area contributed by atoms with Gasteiger partial charge in [-0.15, -0.1) is 15.3 Å². The molecular formula is C8H11N5S2. The zero-order valence-corrected chi connectivity index (χ0v) is 10.1. The number of nitrogens with one attached hydrogen (secondary N) is 1. The van der Waals surface area contributed by atoms with Crippen LogP contribution in [-0.2, 0) is 6.54 Å². The lowest BCUT2D eigenvalue weighted by atomic mass is 10.4. The van der Waals surface area contributed by atoms with Crippen LogP contribution in [-0.4, -0.2) is 25.8 Å². The highest BCUT2D eigenvalue weighted by molar-refractivity contribution is 7.19. The largest absolute Gasteiger partial charge is 0.308 e. The summed E-state index contributed by atoms with van der Waals surface area (Å²) < 4.78 is 3.80. The number of hydrogen-bond acceptors (Lipinski definition) is 7. The molecule has 0 aliphatic heterocycles. The summed E-state index contributed by atoms with van der Waals surface area (Å²) in [7, 11) is 0. The highest BCUT2D eigenvalue weighted by atomic mass is 32.1. The molecule has 0 saturated carbocycles. The number of rotatable bonds is 4. The first-order chi connectivity index (χ1) is 7.25. The molecule has 2 aromatic heterocycles. The Kier molecular flexibility index (Phi) is 3.34. The third-order valence-electron chi connectivity index (χ3n) is 1.70. The van der Waals surface area contributed by atoms with Crippen LogP contribution in [0.1, 0.15) is 18.9 Å². The molecule has 5 nitrogen and oxygen atoms in total. The zero-order valence-electron chi connectivity index (χ0n) is 8.47. The molecule has 0 atom stereocenters. The third kappa shape index (κ3) is 2.77. The highest BCUT2D eigenvalue weighted by Gasteiger charge is 2.08. The summed E-state index contributed by atoms with van der Waals surface area (Å²) >= 11 is 2.92. The van der Waals surface area contributed by atoms with Crippen LogP contribution in [0.4, 0.5) is 0 Å². The van der Waals surface area contributed by atoms with Gasteiger partial charge in [0.2, 0.25) is 0 Å². The van der Waals surface area contributed by atoms with E-state index in [1.165, 1.54) is 11.5 Å². The van der Waals surface area contributed by atoms with E-state index in [0.717, 1.165) is 21.4 Å². The van der Waals surface area contributed by atoms with Crippen LogP contribution in [0.2, 0.25) is 0 Å². The van der Waals surface area contributed by atoms with Gasteiger partial charge in [-0.25, -0.2) is 0 Å². The van der Waals surface area contributed by atoms with E-state index in [-0.39, 0.29) is 0 Å². The Labute approximate surface area is 95.7 Å². The normalized spacial score (nSPS) is 11.1. The molecular weight excluding hydrogens is 230 g/mol. The SMILES string of the molecule is CC(C)NCc1nnc(-c2cnns2)s1. The van der Waals surface area contributed by atoms with Crippen molar-refractivity contribution in [2.24, 2.45) is 0 Å². The first-order valence-electron chi connectivity index (χ1n) is 4.59. The van der Waals surface area contributed by atoms with Crippen molar-refractivity contribution >= 4 is 22.9 Å². The summed E-state index contributed by atoms with van der Waals surface area (Å²) in [5.41, 5.74) is 0. The van der Waals surface area contributed by atoms with Gasteiger partial charge in [-0.05, 0) is 11.5 Å². The number of hydrogen-bond donors (Lipinski definition) is 1. The molecule has 0 aliphatic carbocycles. The Morgan fingerprint density at radius 3 is 2.93 bits per heavy atom. The van der Waals surface area contributed by atoms with Crippen molar-refractivity contribution in [1.82, 2.24) is 25.1 Å². The molecule has 0 amide bonds. The van der Waals surface area contributed by atoms with Gasteiger partial charge in [-0.1, -0.05) is 29.7 Å². The van der Waals surface area contributed by atoms with E-state index < -0.39 is 0 Å². The van der Waals surface area contributed by atoms with Crippen LogP contribution in [0.15, 0.2) is 6.20 Å². The summed E-state index contributed by atoms with van der Waals surface area (Å²) in [5, 5.41) is 17.2. The van der Waals surface area contributed by atoms with Crippen molar-refractivity contribution in [2.75, 3.05) is 0 Å². The Balaban J connectivity index is 2.04. The van der Waals surface area contributed by atoms with Crippen LogP contribution in [0.5, 0.6) is 0 Å². The van der Waals surface area contributed by atoms with E-state index in [1.807, 2.05) is 0 Å². The van der Waals surface area contributed by atoms with Gasteiger partial charge >= 0.3 is 0 Å². The summed E-state index contributed by atoms with van der Waals surface area (Å²) in [6, 6.07) is 0.461. The van der Waals surface area contributed by atoms with Crippen molar-refractivity contribution < 1.29 is 0 Å². The number of nitrogens with zero attached hydrogens (tertiary/aromatic N) is 4. The van der Waals surface area contributed by atoms with Crippen LogP contribution < -0.4 is 5.32 Å². The molecule has 1 N–H and O–H groups in total. The smallest absolute Gasteiger partial charge is 0.161 e. The van der Waals surface area contributed by atoms with Crippen LogP contribution in [0.25, 0.3) is 9.88 Å². The lowest BCUT2D eigenvalue weighted by molar-refractivity contribution is 0.585. The van der Waals surface area contributed by atoms with E-state index >= 15 is 0 Å². The molecule has 0 fully saturated rings. The number of aromatic nitrogens is 4. The van der Waals surface area contributed by atoms with Gasteiger partial charge in [0.25, 0.3) is 0 Å². The van der Waals surface area contributed by atoms with E-state index in [0.29, 0.717) is 6.04 Å². The molecule has 2 rings (SSSR count). The molecule has 0 spiro atoms. The standard InChI is InChI=1S/C8H11N5S2/c1-5(2)9-4-7-11-12-8(14-7)6-3-10-13-15-6/h3,5,9H,4H2,1-2H3. The molecule has 0 aliphatic rings. The molecule has 2 aromatic rings. The topological polar surface area (TPSA) is 63.6 Å². The van der Waals surface area contributed by atoms with Gasteiger partial charge < -0.3 is 5.32 Å². The second-order valence-electron chi connectivity index (χ2n) is 3.32.